The Kier molecular flexibility index (Phi) is 8.25. The Morgan fingerprint density at radius 3 is 2.77 bits per heavy atom. The molecule has 0 aliphatic rings. The van der Waals surface area contributed by atoms with E-state index in [0.29, 0.717) is 6.54 Å². The molecular formula is C10H17NO2. The van der Waals surface area contributed by atoms with Crippen LogP contribution in [0.15, 0.2) is 24.3 Å². The number of hydrogen-bond donors (Lipinski definition) is 2. The van der Waals surface area contributed by atoms with Crippen molar-refractivity contribution in [1.82, 2.24) is 5.32 Å². The molecule has 0 atom stereocenters. The Morgan fingerprint density at radius 2 is 2.15 bits per heavy atom. The van der Waals surface area contributed by atoms with E-state index in [-0.39, 0.29) is 12.5 Å². The second-order valence-corrected chi connectivity index (χ2v) is 2.61. The third kappa shape index (κ3) is 8.82. The van der Waals surface area contributed by atoms with E-state index in [0.717, 1.165) is 12.8 Å². The summed E-state index contributed by atoms with van der Waals surface area (Å²) < 4.78 is 0. The lowest BCUT2D eigenvalue weighted by molar-refractivity contribution is -0.116. The van der Waals surface area contributed by atoms with Crippen LogP contribution in [0.1, 0.15) is 19.8 Å². The van der Waals surface area contributed by atoms with Crippen LogP contribution in [0.3, 0.4) is 0 Å². The topological polar surface area (TPSA) is 49.3 Å². The number of aliphatic hydroxyl groups is 1. The first-order valence-electron chi connectivity index (χ1n) is 4.49. The molecule has 0 aromatic carbocycles. The van der Waals surface area contributed by atoms with Gasteiger partial charge in [0.1, 0.15) is 0 Å². The van der Waals surface area contributed by atoms with Gasteiger partial charge in [-0.25, -0.2) is 0 Å². The van der Waals surface area contributed by atoms with Gasteiger partial charge in [0, 0.05) is 19.2 Å². The Labute approximate surface area is 79.2 Å². The molecule has 0 radical (unpaired) electrons. The maximum absolute atomic E-state index is 11.0. The van der Waals surface area contributed by atoms with Gasteiger partial charge in [0.2, 0.25) is 5.91 Å². The number of unbranched alkanes of at least 4 members (excludes halogenated alkanes) is 1. The van der Waals surface area contributed by atoms with Crippen LogP contribution in [0, 0.1) is 0 Å². The maximum Gasteiger partial charge on any atom is 0.243 e. The fourth-order valence-corrected chi connectivity index (χ4v) is 0.761. The molecule has 1 amide bonds. The first-order valence-corrected chi connectivity index (χ1v) is 4.49. The number of nitrogens with one attached hydrogen (secondary N) is 1. The lowest BCUT2D eigenvalue weighted by Crippen LogP contribution is -2.22. The van der Waals surface area contributed by atoms with E-state index in [2.05, 4.69) is 5.32 Å². The van der Waals surface area contributed by atoms with E-state index in [4.69, 9.17) is 5.11 Å². The molecular weight excluding hydrogens is 166 g/mol. The lowest BCUT2D eigenvalue weighted by Gasteiger charge is -1.99. The molecule has 0 saturated carbocycles. The fourth-order valence-electron chi connectivity index (χ4n) is 0.761. The van der Waals surface area contributed by atoms with E-state index >= 15 is 0 Å². The van der Waals surface area contributed by atoms with E-state index in [1.807, 2.05) is 13.0 Å². The molecule has 0 aliphatic heterocycles. The monoisotopic (exact) mass is 183 g/mol. The molecule has 0 aromatic rings. The van der Waals surface area contributed by atoms with Crippen LogP contribution in [0.5, 0.6) is 0 Å². The molecule has 0 aliphatic carbocycles. The van der Waals surface area contributed by atoms with Gasteiger partial charge in [-0.1, -0.05) is 18.2 Å². The molecule has 0 fully saturated rings. The number of allylic oxidation sites excluding steroid dienone is 3. The van der Waals surface area contributed by atoms with Gasteiger partial charge in [0.05, 0.1) is 0 Å². The molecule has 0 spiro atoms. The van der Waals surface area contributed by atoms with Gasteiger partial charge in [0.15, 0.2) is 0 Å². The van der Waals surface area contributed by atoms with Crippen LogP contribution in [0.2, 0.25) is 0 Å². The number of carbonyl (C=O) groups excluding carboxylic acids is 1. The Bertz CT molecular complexity index is 185. The van der Waals surface area contributed by atoms with Crippen molar-refractivity contribution in [2.75, 3.05) is 13.2 Å². The lowest BCUT2D eigenvalue weighted by atomic mass is 10.3. The van der Waals surface area contributed by atoms with Gasteiger partial charge >= 0.3 is 0 Å². The Morgan fingerprint density at radius 1 is 1.38 bits per heavy atom. The molecule has 74 valence electrons. The van der Waals surface area contributed by atoms with Gasteiger partial charge in [-0.3, -0.25) is 4.79 Å². The number of rotatable bonds is 6. The minimum absolute atomic E-state index is 0.0870. The summed E-state index contributed by atoms with van der Waals surface area (Å²) in [5, 5.41) is 11.2. The first kappa shape index (κ1) is 11.9. The average Bonchev–Trinajstić information content (AvgIpc) is 2.13. The highest BCUT2D eigenvalue weighted by molar-refractivity contribution is 5.87. The van der Waals surface area contributed by atoms with Gasteiger partial charge < -0.3 is 10.4 Å². The third-order valence-corrected chi connectivity index (χ3v) is 1.44. The van der Waals surface area contributed by atoms with Crippen LogP contribution in [-0.4, -0.2) is 24.2 Å². The highest BCUT2D eigenvalue weighted by Crippen LogP contribution is 1.84. The van der Waals surface area contributed by atoms with Crippen molar-refractivity contribution in [3.05, 3.63) is 24.3 Å². The Balaban J connectivity index is 3.40. The SMILES string of the molecule is CC=CC=CC(=O)NCCCCO. The summed E-state index contributed by atoms with van der Waals surface area (Å²) in [4.78, 5) is 11.0. The predicted octanol–water partition coefficient (Wildman–Crippen LogP) is 1.01. The predicted molar refractivity (Wildman–Crippen MR) is 53.3 cm³/mol. The zero-order valence-electron chi connectivity index (χ0n) is 7.99. The summed E-state index contributed by atoms with van der Waals surface area (Å²) in [6, 6.07) is 0. The number of aliphatic hydroxyl groups excluding tert-OH is 1. The number of carbonyl (C=O) groups is 1. The summed E-state index contributed by atoms with van der Waals surface area (Å²) in [5.74, 6) is -0.0870. The molecule has 0 aromatic heterocycles. The minimum Gasteiger partial charge on any atom is -0.396 e. The smallest absolute Gasteiger partial charge is 0.243 e. The van der Waals surface area contributed by atoms with E-state index in [1.165, 1.54) is 6.08 Å². The third-order valence-electron chi connectivity index (χ3n) is 1.44. The molecule has 0 heterocycles. The van der Waals surface area contributed by atoms with Gasteiger partial charge in [0.25, 0.3) is 0 Å². The van der Waals surface area contributed by atoms with Crippen LogP contribution in [0.4, 0.5) is 0 Å². The largest absolute Gasteiger partial charge is 0.396 e. The van der Waals surface area contributed by atoms with E-state index in [9.17, 15) is 4.79 Å². The standard InChI is InChI=1S/C10H17NO2/c1-2-3-4-7-10(13)11-8-5-6-9-12/h2-4,7,12H,5-6,8-9H2,1H3,(H,11,13). The van der Waals surface area contributed by atoms with Crippen LogP contribution >= 0.6 is 0 Å². The minimum atomic E-state index is -0.0870. The van der Waals surface area contributed by atoms with Gasteiger partial charge in [-0.05, 0) is 19.8 Å². The highest BCUT2D eigenvalue weighted by Gasteiger charge is 1.92. The summed E-state index contributed by atoms with van der Waals surface area (Å²) in [6.45, 7) is 2.70. The van der Waals surface area contributed by atoms with Crippen LogP contribution in [-0.2, 0) is 4.79 Å². The van der Waals surface area contributed by atoms with Crippen molar-refractivity contribution >= 4 is 5.91 Å². The summed E-state index contributed by atoms with van der Waals surface area (Å²) in [6.07, 6.45) is 8.39. The van der Waals surface area contributed by atoms with E-state index in [1.54, 1.807) is 12.2 Å². The maximum atomic E-state index is 11.0. The van der Waals surface area contributed by atoms with Crippen LogP contribution < -0.4 is 5.32 Å². The normalized spacial score (nSPS) is 11.2. The van der Waals surface area contributed by atoms with Crippen molar-refractivity contribution in [3.8, 4) is 0 Å². The Hall–Kier alpha value is -1.09. The zero-order chi connectivity index (χ0) is 9.94. The quantitative estimate of drug-likeness (QED) is 0.367. The molecule has 2 N–H and O–H groups in total. The van der Waals surface area contributed by atoms with Crippen molar-refractivity contribution in [3.63, 3.8) is 0 Å². The van der Waals surface area contributed by atoms with Crippen molar-refractivity contribution in [2.24, 2.45) is 0 Å². The second kappa shape index (κ2) is 9.00. The van der Waals surface area contributed by atoms with Crippen molar-refractivity contribution < 1.29 is 9.90 Å². The summed E-state index contributed by atoms with van der Waals surface area (Å²) in [7, 11) is 0. The molecule has 0 unspecified atom stereocenters. The first-order chi connectivity index (χ1) is 6.31. The molecule has 0 saturated heterocycles. The van der Waals surface area contributed by atoms with Crippen LogP contribution in [0.25, 0.3) is 0 Å². The van der Waals surface area contributed by atoms with Crippen molar-refractivity contribution in [2.45, 2.75) is 19.8 Å². The fraction of sp³-hybridized carbons (Fsp3) is 0.500. The second-order valence-electron chi connectivity index (χ2n) is 2.61. The molecule has 13 heavy (non-hydrogen) atoms. The van der Waals surface area contributed by atoms with Gasteiger partial charge in [-0.15, -0.1) is 0 Å². The number of amides is 1. The highest BCUT2D eigenvalue weighted by atomic mass is 16.2. The van der Waals surface area contributed by atoms with Crippen molar-refractivity contribution in [1.29, 1.82) is 0 Å². The molecule has 3 heteroatoms. The average molecular weight is 183 g/mol. The summed E-state index contributed by atoms with van der Waals surface area (Å²) in [5.41, 5.74) is 0. The van der Waals surface area contributed by atoms with E-state index < -0.39 is 0 Å². The number of hydrogen-bond acceptors (Lipinski definition) is 2. The molecule has 3 nitrogen and oxygen atoms in total. The van der Waals surface area contributed by atoms with Gasteiger partial charge in [-0.2, -0.15) is 0 Å². The molecule has 0 bridgehead atoms. The zero-order valence-corrected chi connectivity index (χ0v) is 7.99. The molecule has 0 rings (SSSR count). The summed E-state index contributed by atoms with van der Waals surface area (Å²) >= 11 is 0.